The average Bonchev–Trinajstić information content (AvgIpc) is 3.13. The highest BCUT2D eigenvalue weighted by atomic mass is 28.4. The first-order valence-electron chi connectivity index (χ1n) is 7.06. The highest BCUT2D eigenvalue weighted by molar-refractivity contribution is 6.72. The third kappa shape index (κ3) is 2.36. The highest BCUT2D eigenvalue weighted by Crippen LogP contribution is 2.63. The second kappa shape index (κ2) is 5.19. The van der Waals surface area contributed by atoms with E-state index in [1.165, 1.54) is 32.1 Å². The maximum absolute atomic E-state index is 6.21. The van der Waals surface area contributed by atoms with Crippen molar-refractivity contribution in [1.82, 2.24) is 0 Å². The summed E-state index contributed by atoms with van der Waals surface area (Å²) in [6.07, 6.45) is 6.81. The molecule has 0 heterocycles. The summed E-state index contributed by atoms with van der Waals surface area (Å²) in [5, 5.41) is 0. The van der Waals surface area contributed by atoms with Gasteiger partial charge in [-0.15, -0.1) is 0 Å². The fourth-order valence-corrected chi connectivity index (χ4v) is 8.08. The normalized spacial score (nSPS) is 29.4. The molecule has 2 unspecified atom stereocenters. The Bertz CT molecular complexity index is 222. The fraction of sp³-hybridized carbons (Fsp3) is 1.00. The van der Waals surface area contributed by atoms with Gasteiger partial charge in [0, 0.05) is 24.3 Å². The van der Waals surface area contributed by atoms with Gasteiger partial charge in [0.1, 0.15) is 0 Å². The Hall–Kier alpha value is 0.137. The lowest BCUT2D eigenvalue weighted by Gasteiger charge is -2.31. The third-order valence-corrected chi connectivity index (χ3v) is 8.92. The second-order valence-corrected chi connectivity index (χ2v) is 8.83. The van der Waals surface area contributed by atoms with Crippen molar-refractivity contribution in [1.29, 1.82) is 0 Å². The molecule has 2 atom stereocenters. The Morgan fingerprint density at radius 3 is 2.12 bits per heavy atom. The first kappa shape index (κ1) is 12.6. The zero-order valence-electron chi connectivity index (χ0n) is 11.0. The highest BCUT2D eigenvalue weighted by Gasteiger charge is 2.64. The van der Waals surface area contributed by atoms with Gasteiger partial charge in [0.25, 0.3) is 0 Å². The van der Waals surface area contributed by atoms with Crippen molar-refractivity contribution in [2.24, 2.45) is 5.92 Å². The lowest BCUT2D eigenvalue weighted by molar-refractivity contribution is 0.177. The van der Waals surface area contributed by atoms with Crippen LogP contribution in [0.2, 0.25) is 11.1 Å². The molecule has 0 spiro atoms. The van der Waals surface area contributed by atoms with Crippen LogP contribution >= 0.6 is 0 Å². The Kier molecular flexibility index (Phi) is 4.09. The standard InChI is InChI=1S/C13H26O2Si/c1-4-7-11-10-13(11)16(14-5-2,15-6-3)12-8-9-12/h11-13H,4-10H2,1-3H3. The number of hydrogen-bond donors (Lipinski definition) is 0. The van der Waals surface area contributed by atoms with Crippen LogP contribution in [0.15, 0.2) is 0 Å². The minimum Gasteiger partial charge on any atom is -0.394 e. The Morgan fingerprint density at radius 2 is 1.69 bits per heavy atom. The first-order valence-corrected chi connectivity index (χ1v) is 9.03. The van der Waals surface area contributed by atoms with E-state index in [-0.39, 0.29) is 0 Å². The van der Waals surface area contributed by atoms with Gasteiger partial charge in [-0.2, -0.15) is 0 Å². The molecule has 2 aliphatic carbocycles. The van der Waals surface area contributed by atoms with Crippen LogP contribution in [0.25, 0.3) is 0 Å². The van der Waals surface area contributed by atoms with Crippen molar-refractivity contribution in [2.45, 2.75) is 64.0 Å². The van der Waals surface area contributed by atoms with Gasteiger partial charge in [-0.05, 0) is 39.0 Å². The molecule has 16 heavy (non-hydrogen) atoms. The Balaban J connectivity index is 2.01. The lowest BCUT2D eigenvalue weighted by atomic mass is 10.2. The molecule has 0 aliphatic heterocycles. The zero-order valence-corrected chi connectivity index (χ0v) is 12.0. The topological polar surface area (TPSA) is 18.5 Å². The third-order valence-electron chi connectivity index (χ3n) is 3.99. The van der Waals surface area contributed by atoms with Crippen molar-refractivity contribution >= 4 is 8.56 Å². The smallest absolute Gasteiger partial charge is 0.344 e. The van der Waals surface area contributed by atoms with Crippen LogP contribution in [0, 0.1) is 5.92 Å². The van der Waals surface area contributed by atoms with Gasteiger partial charge in [0.2, 0.25) is 0 Å². The van der Waals surface area contributed by atoms with E-state index in [9.17, 15) is 0 Å². The predicted molar refractivity (Wildman–Crippen MR) is 68.8 cm³/mol. The van der Waals surface area contributed by atoms with Crippen molar-refractivity contribution in [3.05, 3.63) is 0 Å². The quantitative estimate of drug-likeness (QED) is 0.602. The van der Waals surface area contributed by atoms with E-state index in [1.54, 1.807) is 0 Å². The van der Waals surface area contributed by atoms with Crippen LogP contribution in [0.1, 0.15) is 52.9 Å². The minimum absolute atomic E-state index is 0.819. The molecular weight excluding hydrogens is 216 g/mol. The number of hydrogen-bond acceptors (Lipinski definition) is 2. The molecule has 2 fully saturated rings. The second-order valence-electron chi connectivity index (χ2n) is 5.25. The molecule has 2 saturated carbocycles. The van der Waals surface area contributed by atoms with Gasteiger partial charge in [0.15, 0.2) is 0 Å². The molecule has 2 aliphatic rings. The summed E-state index contributed by atoms with van der Waals surface area (Å²) >= 11 is 0. The van der Waals surface area contributed by atoms with Crippen LogP contribution in [-0.2, 0) is 8.85 Å². The lowest BCUT2D eigenvalue weighted by Crippen LogP contribution is -2.44. The maximum atomic E-state index is 6.21. The van der Waals surface area contributed by atoms with Crippen LogP contribution in [0.5, 0.6) is 0 Å². The average molecular weight is 242 g/mol. The van der Waals surface area contributed by atoms with E-state index in [0.29, 0.717) is 0 Å². The van der Waals surface area contributed by atoms with E-state index in [2.05, 4.69) is 20.8 Å². The monoisotopic (exact) mass is 242 g/mol. The summed E-state index contributed by atoms with van der Waals surface area (Å²) in [5.74, 6) is 0.926. The number of rotatable bonds is 8. The minimum atomic E-state index is -1.83. The van der Waals surface area contributed by atoms with Crippen molar-refractivity contribution in [2.75, 3.05) is 13.2 Å². The first-order chi connectivity index (χ1) is 7.78. The molecule has 2 rings (SSSR count). The summed E-state index contributed by atoms with van der Waals surface area (Å²) in [6, 6.07) is 0. The predicted octanol–water partition coefficient (Wildman–Crippen LogP) is 3.86. The van der Waals surface area contributed by atoms with Crippen LogP contribution in [0.3, 0.4) is 0 Å². The summed E-state index contributed by atoms with van der Waals surface area (Å²) in [7, 11) is -1.83. The van der Waals surface area contributed by atoms with Crippen LogP contribution < -0.4 is 0 Å². The molecule has 0 aromatic carbocycles. The zero-order chi connectivity index (χ0) is 11.6. The van der Waals surface area contributed by atoms with E-state index in [1.807, 2.05) is 0 Å². The molecule has 0 aromatic heterocycles. The van der Waals surface area contributed by atoms with Crippen LogP contribution in [0.4, 0.5) is 0 Å². The molecule has 0 bridgehead atoms. The van der Waals surface area contributed by atoms with Gasteiger partial charge in [-0.3, -0.25) is 0 Å². The summed E-state index contributed by atoms with van der Waals surface area (Å²) in [5.41, 5.74) is 1.64. The van der Waals surface area contributed by atoms with E-state index >= 15 is 0 Å². The molecule has 0 saturated heterocycles. The molecule has 0 N–H and O–H groups in total. The maximum Gasteiger partial charge on any atom is 0.344 e. The summed E-state index contributed by atoms with van der Waals surface area (Å²) < 4.78 is 12.4. The SMILES string of the molecule is CCCC1CC1[Si](OCC)(OCC)C1CC1. The van der Waals surface area contributed by atoms with Crippen molar-refractivity contribution < 1.29 is 8.85 Å². The van der Waals surface area contributed by atoms with Crippen LogP contribution in [-0.4, -0.2) is 21.8 Å². The van der Waals surface area contributed by atoms with Gasteiger partial charge < -0.3 is 8.85 Å². The molecule has 94 valence electrons. The van der Waals surface area contributed by atoms with Gasteiger partial charge >= 0.3 is 8.56 Å². The Morgan fingerprint density at radius 1 is 1.06 bits per heavy atom. The molecule has 0 aromatic rings. The summed E-state index contributed by atoms with van der Waals surface area (Å²) in [6.45, 7) is 8.23. The van der Waals surface area contributed by atoms with E-state index < -0.39 is 8.56 Å². The van der Waals surface area contributed by atoms with Gasteiger partial charge in [0.05, 0.1) is 0 Å². The summed E-state index contributed by atoms with van der Waals surface area (Å²) in [4.78, 5) is 0. The molecule has 2 nitrogen and oxygen atoms in total. The Labute approximate surface area is 101 Å². The molecule has 0 radical (unpaired) electrons. The molecule has 0 amide bonds. The molecule has 3 heteroatoms. The largest absolute Gasteiger partial charge is 0.394 e. The fourth-order valence-electron chi connectivity index (χ4n) is 3.16. The van der Waals surface area contributed by atoms with Gasteiger partial charge in [-0.1, -0.05) is 19.8 Å². The van der Waals surface area contributed by atoms with Crippen molar-refractivity contribution in [3.8, 4) is 0 Å². The van der Waals surface area contributed by atoms with Crippen molar-refractivity contribution in [3.63, 3.8) is 0 Å². The van der Waals surface area contributed by atoms with E-state index in [0.717, 1.165) is 30.2 Å². The molecular formula is C13H26O2Si. The van der Waals surface area contributed by atoms with Gasteiger partial charge in [-0.25, -0.2) is 0 Å². The van der Waals surface area contributed by atoms with E-state index in [4.69, 9.17) is 8.85 Å².